The number of hydrogen-bond donors (Lipinski definition) is 2. The van der Waals surface area contributed by atoms with Crippen LogP contribution in [0.5, 0.6) is 0 Å². The van der Waals surface area contributed by atoms with Crippen LogP contribution in [0.3, 0.4) is 0 Å². The van der Waals surface area contributed by atoms with Gasteiger partial charge in [-0.15, -0.1) is 0 Å². The zero-order valence-corrected chi connectivity index (χ0v) is 6.91. The fourth-order valence-corrected chi connectivity index (χ4v) is 0.947. The number of nitrogens with zero attached hydrogens (tertiary/aromatic N) is 2. The minimum atomic E-state index is 0.585. The molecule has 11 heavy (non-hydrogen) atoms. The van der Waals surface area contributed by atoms with Crippen LogP contribution in [0.15, 0.2) is 12.3 Å². The van der Waals surface area contributed by atoms with Gasteiger partial charge in [0.15, 0.2) is 0 Å². The molecule has 4 heteroatoms. The highest BCUT2D eigenvalue weighted by Crippen LogP contribution is 2.06. The number of rotatable bonds is 3. The van der Waals surface area contributed by atoms with E-state index < -0.39 is 0 Å². The van der Waals surface area contributed by atoms with Gasteiger partial charge in [-0.2, -0.15) is 5.10 Å². The summed E-state index contributed by atoms with van der Waals surface area (Å²) in [4.78, 5) is 0. The van der Waals surface area contributed by atoms with Gasteiger partial charge in [0.1, 0.15) is 5.82 Å². The summed E-state index contributed by atoms with van der Waals surface area (Å²) in [5.41, 5.74) is 2.58. The molecular formula is C7H14N4. The molecule has 1 aromatic heterocycles. The number of aromatic nitrogens is 2. The van der Waals surface area contributed by atoms with Gasteiger partial charge in [0, 0.05) is 12.6 Å². The van der Waals surface area contributed by atoms with E-state index in [1.807, 2.05) is 10.7 Å². The lowest BCUT2D eigenvalue weighted by molar-refractivity contribution is 0.487. The van der Waals surface area contributed by atoms with Crippen LogP contribution in [0, 0.1) is 5.92 Å². The van der Waals surface area contributed by atoms with Crippen molar-refractivity contribution in [3.63, 3.8) is 0 Å². The first-order valence-electron chi connectivity index (χ1n) is 3.72. The van der Waals surface area contributed by atoms with E-state index >= 15 is 0 Å². The topological polar surface area (TPSA) is 55.9 Å². The first-order chi connectivity index (χ1) is 5.24. The van der Waals surface area contributed by atoms with Gasteiger partial charge in [-0.25, -0.2) is 10.5 Å². The van der Waals surface area contributed by atoms with Gasteiger partial charge >= 0.3 is 0 Å². The Hall–Kier alpha value is -1.03. The molecule has 0 unspecified atom stereocenters. The molecule has 62 valence electrons. The first kappa shape index (κ1) is 8.07. The Labute approximate surface area is 66.4 Å². The van der Waals surface area contributed by atoms with E-state index in [2.05, 4.69) is 24.4 Å². The van der Waals surface area contributed by atoms with Crippen molar-refractivity contribution in [1.82, 2.24) is 9.78 Å². The standard InChI is InChI=1S/C7H14N4/c1-6(2)5-11-7(10-8)3-4-9-11/h3-4,6,10H,5,8H2,1-2H3. The molecule has 0 aliphatic carbocycles. The molecule has 0 spiro atoms. The minimum Gasteiger partial charge on any atom is -0.309 e. The Morgan fingerprint density at radius 1 is 1.73 bits per heavy atom. The van der Waals surface area contributed by atoms with Crippen molar-refractivity contribution >= 4 is 5.82 Å². The Bertz CT molecular complexity index is 216. The third-order valence-corrected chi connectivity index (χ3v) is 1.40. The predicted molar refractivity (Wildman–Crippen MR) is 44.9 cm³/mol. The molecular weight excluding hydrogens is 140 g/mol. The minimum absolute atomic E-state index is 0.585. The number of nitrogens with one attached hydrogen (secondary N) is 1. The molecule has 0 fully saturated rings. The Morgan fingerprint density at radius 3 is 3.00 bits per heavy atom. The van der Waals surface area contributed by atoms with Crippen LogP contribution in [-0.2, 0) is 6.54 Å². The highest BCUT2D eigenvalue weighted by Gasteiger charge is 2.01. The van der Waals surface area contributed by atoms with E-state index in [0.717, 1.165) is 12.4 Å². The number of anilines is 1. The van der Waals surface area contributed by atoms with Gasteiger partial charge in [-0.05, 0) is 5.92 Å². The second kappa shape index (κ2) is 3.39. The van der Waals surface area contributed by atoms with Crippen LogP contribution in [0.2, 0.25) is 0 Å². The molecule has 1 rings (SSSR count). The highest BCUT2D eigenvalue weighted by molar-refractivity contribution is 5.31. The van der Waals surface area contributed by atoms with Gasteiger partial charge in [0.2, 0.25) is 0 Å². The monoisotopic (exact) mass is 154 g/mol. The average molecular weight is 154 g/mol. The largest absolute Gasteiger partial charge is 0.309 e. The molecule has 0 aliphatic heterocycles. The van der Waals surface area contributed by atoms with Crippen molar-refractivity contribution in [2.45, 2.75) is 20.4 Å². The molecule has 0 radical (unpaired) electrons. The summed E-state index contributed by atoms with van der Waals surface area (Å²) in [6.45, 7) is 5.18. The fraction of sp³-hybridized carbons (Fsp3) is 0.571. The zero-order chi connectivity index (χ0) is 8.27. The molecule has 0 bridgehead atoms. The zero-order valence-electron chi connectivity index (χ0n) is 6.91. The lowest BCUT2D eigenvalue weighted by Gasteiger charge is -2.08. The normalized spacial score (nSPS) is 10.5. The van der Waals surface area contributed by atoms with E-state index in [1.165, 1.54) is 0 Å². The van der Waals surface area contributed by atoms with Crippen molar-refractivity contribution in [2.75, 3.05) is 5.43 Å². The van der Waals surface area contributed by atoms with E-state index in [0.29, 0.717) is 5.92 Å². The van der Waals surface area contributed by atoms with Crippen molar-refractivity contribution in [3.05, 3.63) is 12.3 Å². The van der Waals surface area contributed by atoms with Crippen LogP contribution >= 0.6 is 0 Å². The summed E-state index contributed by atoms with van der Waals surface area (Å²) < 4.78 is 1.85. The first-order valence-corrected chi connectivity index (χ1v) is 3.72. The molecule has 1 heterocycles. The van der Waals surface area contributed by atoms with Crippen molar-refractivity contribution < 1.29 is 0 Å². The Kier molecular flexibility index (Phi) is 2.48. The summed E-state index contributed by atoms with van der Waals surface area (Å²) >= 11 is 0. The summed E-state index contributed by atoms with van der Waals surface area (Å²) in [6.07, 6.45) is 1.73. The van der Waals surface area contributed by atoms with Crippen LogP contribution in [-0.4, -0.2) is 9.78 Å². The summed E-state index contributed by atoms with van der Waals surface area (Å²) in [5.74, 6) is 6.71. The lowest BCUT2D eigenvalue weighted by Crippen LogP contribution is -2.15. The van der Waals surface area contributed by atoms with E-state index in [-0.39, 0.29) is 0 Å². The smallest absolute Gasteiger partial charge is 0.138 e. The van der Waals surface area contributed by atoms with E-state index in [9.17, 15) is 0 Å². The van der Waals surface area contributed by atoms with Crippen LogP contribution < -0.4 is 11.3 Å². The summed E-state index contributed by atoms with van der Waals surface area (Å²) in [7, 11) is 0. The van der Waals surface area contributed by atoms with Crippen LogP contribution in [0.4, 0.5) is 5.82 Å². The molecule has 1 aromatic rings. The number of nitrogens with two attached hydrogens (primary N) is 1. The second-order valence-electron chi connectivity index (χ2n) is 2.94. The second-order valence-corrected chi connectivity index (χ2v) is 2.94. The predicted octanol–water partition coefficient (Wildman–Crippen LogP) is 0.825. The lowest BCUT2D eigenvalue weighted by atomic mass is 10.2. The molecule has 0 saturated heterocycles. The third-order valence-electron chi connectivity index (χ3n) is 1.40. The Morgan fingerprint density at radius 2 is 2.45 bits per heavy atom. The maximum absolute atomic E-state index is 5.26. The van der Waals surface area contributed by atoms with Gasteiger partial charge in [0.05, 0.1) is 6.20 Å². The van der Waals surface area contributed by atoms with Crippen LogP contribution in [0.25, 0.3) is 0 Å². The molecule has 0 aliphatic rings. The van der Waals surface area contributed by atoms with Gasteiger partial charge in [-0.3, -0.25) is 0 Å². The van der Waals surface area contributed by atoms with Crippen molar-refractivity contribution in [2.24, 2.45) is 11.8 Å². The SMILES string of the molecule is CC(C)Cn1nccc1NN. The number of nitrogen functional groups attached to an aromatic ring is 1. The fourth-order valence-electron chi connectivity index (χ4n) is 0.947. The summed E-state index contributed by atoms with van der Waals surface area (Å²) in [5, 5.41) is 4.10. The van der Waals surface area contributed by atoms with Gasteiger partial charge in [-0.1, -0.05) is 13.8 Å². The molecule has 0 saturated carbocycles. The third kappa shape index (κ3) is 1.94. The van der Waals surface area contributed by atoms with Gasteiger partial charge < -0.3 is 5.43 Å². The van der Waals surface area contributed by atoms with Crippen LogP contribution in [0.1, 0.15) is 13.8 Å². The quantitative estimate of drug-likeness (QED) is 0.500. The molecule has 0 aromatic carbocycles. The average Bonchev–Trinajstić information content (AvgIpc) is 2.34. The number of hydrazine groups is 1. The van der Waals surface area contributed by atoms with E-state index in [4.69, 9.17) is 5.84 Å². The number of hydrogen-bond acceptors (Lipinski definition) is 3. The maximum Gasteiger partial charge on any atom is 0.138 e. The molecule has 4 nitrogen and oxygen atoms in total. The molecule has 3 N–H and O–H groups in total. The maximum atomic E-state index is 5.26. The Balaban J connectivity index is 2.68. The highest BCUT2D eigenvalue weighted by atomic mass is 15.4. The van der Waals surface area contributed by atoms with Crippen molar-refractivity contribution in [3.8, 4) is 0 Å². The van der Waals surface area contributed by atoms with Crippen molar-refractivity contribution in [1.29, 1.82) is 0 Å². The molecule has 0 amide bonds. The van der Waals surface area contributed by atoms with Gasteiger partial charge in [0.25, 0.3) is 0 Å². The summed E-state index contributed by atoms with van der Waals surface area (Å²) in [6, 6.07) is 1.85. The van der Waals surface area contributed by atoms with E-state index in [1.54, 1.807) is 6.20 Å². The molecule has 0 atom stereocenters.